The van der Waals surface area contributed by atoms with Crippen LogP contribution in [0.25, 0.3) is 0 Å². The summed E-state index contributed by atoms with van der Waals surface area (Å²) in [6, 6.07) is 6.93. The van der Waals surface area contributed by atoms with Gasteiger partial charge in [0.1, 0.15) is 0 Å². The topological polar surface area (TPSA) is 69.2 Å². The Morgan fingerprint density at radius 1 is 1.17 bits per heavy atom. The lowest BCUT2D eigenvalue weighted by molar-refractivity contribution is 0.0954. The fraction of sp³-hybridized carbons (Fsp3) is 0.200. The Kier molecular flexibility index (Phi) is 6.00. The molecule has 2 aromatic rings. The Bertz CT molecular complexity index is 705. The smallest absolute Gasteiger partial charge is 0.271 e. The Labute approximate surface area is 146 Å². The Hall–Kier alpha value is -2.06. The van der Waals surface area contributed by atoms with E-state index in [4.69, 9.17) is 14.2 Å². The summed E-state index contributed by atoms with van der Waals surface area (Å²) in [6.45, 7) is 0. The van der Waals surface area contributed by atoms with Crippen LogP contribution in [0.4, 0.5) is 0 Å². The van der Waals surface area contributed by atoms with Gasteiger partial charge in [0, 0.05) is 10.4 Å². The quantitative estimate of drug-likeness (QED) is 0.598. The zero-order chi connectivity index (χ0) is 16.8. The van der Waals surface area contributed by atoms with E-state index in [2.05, 4.69) is 26.5 Å². The molecule has 0 radical (unpaired) electrons. The number of halogens is 1. The lowest BCUT2D eigenvalue weighted by atomic mass is 10.1. The van der Waals surface area contributed by atoms with Crippen LogP contribution in [-0.4, -0.2) is 33.5 Å². The summed E-state index contributed by atoms with van der Waals surface area (Å²) in [7, 11) is 4.49. The first kappa shape index (κ1) is 17.3. The van der Waals surface area contributed by atoms with Crippen LogP contribution >= 0.6 is 27.3 Å². The average molecular weight is 399 g/mol. The Morgan fingerprint density at radius 2 is 1.83 bits per heavy atom. The number of carbonyl (C=O) groups is 1. The maximum atomic E-state index is 12.2. The van der Waals surface area contributed by atoms with Gasteiger partial charge < -0.3 is 14.2 Å². The van der Waals surface area contributed by atoms with Gasteiger partial charge in [-0.15, -0.1) is 11.3 Å². The second-order valence-corrected chi connectivity index (χ2v) is 6.75. The minimum atomic E-state index is -0.379. The van der Waals surface area contributed by atoms with Crippen LogP contribution < -0.4 is 19.6 Å². The van der Waals surface area contributed by atoms with E-state index in [9.17, 15) is 4.79 Å². The second-order valence-electron chi connectivity index (χ2n) is 4.26. The molecule has 1 N–H and O–H groups in total. The molecule has 1 aromatic heterocycles. The molecule has 0 bridgehead atoms. The SMILES string of the molecule is COc1cc(C(=O)NN=Cc2ccc(Br)s2)cc(OC)c1OC. The molecule has 0 aliphatic rings. The molecule has 23 heavy (non-hydrogen) atoms. The largest absolute Gasteiger partial charge is 0.493 e. The zero-order valence-electron chi connectivity index (χ0n) is 12.8. The minimum Gasteiger partial charge on any atom is -0.493 e. The van der Waals surface area contributed by atoms with Crippen molar-refractivity contribution in [1.82, 2.24) is 5.43 Å². The van der Waals surface area contributed by atoms with Crippen LogP contribution in [0.5, 0.6) is 17.2 Å². The predicted molar refractivity (Wildman–Crippen MR) is 93.2 cm³/mol. The molecule has 0 aliphatic carbocycles. The molecule has 1 amide bonds. The molecule has 0 fully saturated rings. The third-order valence-electron chi connectivity index (χ3n) is 2.88. The number of methoxy groups -OCH3 is 3. The second kappa shape index (κ2) is 7.98. The van der Waals surface area contributed by atoms with E-state index in [-0.39, 0.29) is 5.91 Å². The molecule has 6 nitrogen and oxygen atoms in total. The number of rotatable bonds is 6. The van der Waals surface area contributed by atoms with Crippen molar-refractivity contribution >= 4 is 39.4 Å². The highest BCUT2D eigenvalue weighted by atomic mass is 79.9. The van der Waals surface area contributed by atoms with Crippen LogP contribution in [0.15, 0.2) is 33.2 Å². The molecule has 8 heteroatoms. The fourth-order valence-electron chi connectivity index (χ4n) is 1.83. The molecular weight excluding hydrogens is 384 g/mol. The minimum absolute atomic E-state index is 0.351. The number of amides is 1. The summed E-state index contributed by atoms with van der Waals surface area (Å²) in [6.07, 6.45) is 1.57. The molecule has 1 heterocycles. The summed E-state index contributed by atoms with van der Waals surface area (Å²) in [5.41, 5.74) is 2.82. The van der Waals surface area contributed by atoms with Gasteiger partial charge in [-0.1, -0.05) is 0 Å². The highest BCUT2D eigenvalue weighted by molar-refractivity contribution is 9.11. The molecule has 0 atom stereocenters. The molecule has 0 unspecified atom stereocenters. The van der Waals surface area contributed by atoms with Crippen LogP contribution in [0.1, 0.15) is 15.2 Å². The van der Waals surface area contributed by atoms with E-state index in [1.807, 2.05) is 12.1 Å². The monoisotopic (exact) mass is 398 g/mol. The first-order chi connectivity index (χ1) is 11.1. The van der Waals surface area contributed by atoms with Crippen LogP contribution in [0.3, 0.4) is 0 Å². The number of thiophene rings is 1. The zero-order valence-corrected chi connectivity index (χ0v) is 15.2. The van der Waals surface area contributed by atoms with Gasteiger partial charge in [0.25, 0.3) is 5.91 Å². The molecular formula is C15H15BrN2O4S. The highest BCUT2D eigenvalue weighted by Crippen LogP contribution is 2.38. The number of benzene rings is 1. The first-order valence-electron chi connectivity index (χ1n) is 6.47. The van der Waals surface area contributed by atoms with Crippen molar-refractivity contribution in [3.63, 3.8) is 0 Å². The van der Waals surface area contributed by atoms with Gasteiger partial charge in [-0.3, -0.25) is 4.79 Å². The van der Waals surface area contributed by atoms with Gasteiger partial charge in [-0.05, 0) is 40.2 Å². The number of carbonyl (C=O) groups excluding carboxylic acids is 1. The van der Waals surface area contributed by atoms with Gasteiger partial charge in [0.15, 0.2) is 11.5 Å². The van der Waals surface area contributed by atoms with Crippen molar-refractivity contribution in [2.75, 3.05) is 21.3 Å². The maximum absolute atomic E-state index is 12.2. The Balaban J connectivity index is 2.17. The predicted octanol–water partition coefficient (Wildman–Crippen LogP) is 3.30. The number of hydrogen-bond donors (Lipinski definition) is 1. The summed E-state index contributed by atoms with van der Waals surface area (Å²) >= 11 is 4.88. The number of nitrogens with zero attached hydrogens (tertiary/aromatic N) is 1. The number of hydrazone groups is 1. The van der Waals surface area contributed by atoms with Crippen LogP contribution in [-0.2, 0) is 0 Å². The molecule has 2 rings (SSSR count). The van der Waals surface area contributed by atoms with Crippen molar-refractivity contribution in [2.45, 2.75) is 0 Å². The number of ether oxygens (including phenoxy) is 3. The van der Waals surface area contributed by atoms with E-state index in [1.54, 1.807) is 18.3 Å². The van der Waals surface area contributed by atoms with E-state index in [0.29, 0.717) is 22.8 Å². The lowest BCUT2D eigenvalue weighted by Crippen LogP contribution is -2.17. The normalized spacial score (nSPS) is 10.6. The van der Waals surface area contributed by atoms with Crippen LogP contribution in [0.2, 0.25) is 0 Å². The highest BCUT2D eigenvalue weighted by Gasteiger charge is 2.16. The van der Waals surface area contributed by atoms with Gasteiger partial charge in [0.05, 0.1) is 31.3 Å². The summed E-state index contributed by atoms with van der Waals surface area (Å²) in [5.74, 6) is 0.862. The van der Waals surface area contributed by atoms with Crippen molar-refractivity contribution in [3.8, 4) is 17.2 Å². The first-order valence-corrected chi connectivity index (χ1v) is 8.08. The molecule has 0 saturated carbocycles. The van der Waals surface area contributed by atoms with Crippen molar-refractivity contribution < 1.29 is 19.0 Å². The van der Waals surface area contributed by atoms with E-state index >= 15 is 0 Å². The maximum Gasteiger partial charge on any atom is 0.271 e. The molecule has 122 valence electrons. The van der Waals surface area contributed by atoms with Gasteiger partial charge in [0.2, 0.25) is 5.75 Å². The summed E-state index contributed by atoms with van der Waals surface area (Å²) in [4.78, 5) is 13.1. The molecule has 0 spiro atoms. The van der Waals surface area contributed by atoms with E-state index in [0.717, 1.165) is 8.66 Å². The Morgan fingerprint density at radius 3 is 2.30 bits per heavy atom. The molecule has 0 saturated heterocycles. The van der Waals surface area contributed by atoms with Crippen molar-refractivity contribution in [3.05, 3.63) is 38.5 Å². The molecule has 1 aromatic carbocycles. The van der Waals surface area contributed by atoms with Crippen molar-refractivity contribution in [2.24, 2.45) is 5.10 Å². The fourth-order valence-corrected chi connectivity index (χ4v) is 3.12. The third-order valence-corrected chi connectivity index (χ3v) is 4.44. The van der Waals surface area contributed by atoms with Crippen molar-refractivity contribution in [1.29, 1.82) is 0 Å². The molecule has 0 aliphatic heterocycles. The average Bonchev–Trinajstić information content (AvgIpc) is 2.98. The summed E-state index contributed by atoms with van der Waals surface area (Å²) < 4.78 is 16.7. The van der Waals surface area contributed by atoms with Gasteiger partial charge in [-0.2, -0.15) is 5.10 Å². The van der Waals surface area contributed by atoms with E-state index < -0.39 is 0 Å². The van der Waals surface area contributed by atoms with Gasteiger partial charge in [-0.25, -0.2) is 5.43 Å². The van der Waals surface area contributed by atoms with Crippen LogP contribution in [0, 0.1) is 0 Å². The number of nitrogens with one attached hydrogen (secondary N) is 1. The summed E-state index contributed by atoms with van der Waals surface area (Å²) in [5, 5.41) is 3.94. The lowest BCUT2D eigenvalue weighted by Gasteiger charge is -2.13. The van der Waals surface area contributed by atoms with E-state index in [1.165, 1.54) is 32.7 Å². The van der Waals surface area contributed by atoms with Gasteiger partial charge >= 0.3 is 0 Å². The number of hydrogen-bond acceptors (Lipinski definition) is 6. The standard InChI is InChI=1S/C15H15BrN2O4S/c1-20-11-6-9(7-12(21-2)14(11)22-3)15(19)18-17-8-10-4-5-13(16)23-10/h4-8H,1-3H3,(H,18,19). The third kappa shape index (κ3) is 4.23.